The first-order chi connectivity index (χ1) is 15.9. The van der Waals surface area contributed by atoms with E-state index in [0.717, 1.165) is 0 Å². The second-order valence-electron chi connectivity index (χ2n) is 8.06. The average Bonchev–Trinajstić information content (AvgIpc) is 2.77. The smallest absolute Gasteiger partial charge is 0.354 e. The lowest BCUT2D eigenvalue weighted by atomic mass is 10.0. The first-order valence-electron chi connectivity index (χ1n) is 10.5. The molecule has 34 heavy (non-hydrogen) atoms. The quantitative estimate of drug-likeness (QED) is 0.629. The van der Waals surface area contributed by atoms with Crippen LogP contribution in [0, 0.1) is 0 Å². The molecule has 1 fully saturated rings. The van der Waals surface area contributed by atoms with Crippen LogP contribution >= 0.6 is 0 Å². The molecule has 0 aliphatic carbocycles. The van der Waals surface area contributed by atoms with Crippen molar-refractivity contribution in [2.75, 3.05) is 33.2 Å². The van der Waals surface area contributed by atoms with Crippen LogP contribution in [0.1, 0.15) is 28.3 Å². The Balaban J connectivity index is 1.81. The van der Waals surface area contributed by atoms with Crippen molar-refractivity contribution in [1.29, 1.82) is 0 Å². The highest BCUT2D eigenvalue weighted by Gasteiger charge is 2.37. The van der Waals surface area contributed by atoms with Crippen LogP contribution in [0.3, 0.4) is 0 Å². The molecule has 2 aromatic carbocycles. The topological polar surface area (TPSA) is 52.7 Å². The van der Waals surface area contributed by atoms with Crippen molar-refractivity contribution in [3.8, 4) is 0 Å². The minimum atomic E-state index is -4.94. The third-order valence-corrected chi connectivity index (χ3v) is 5.54. The summed E-state index contributed by atoms with van der Waals surface area (Å²) in [7, 11) is 1.43. The van der Waals surface area contributed by atoms with Gasteiger partial charge in [0.1, 0.15) is 6.04 Å². The predicted molar refractivity (Wildman–Crippen MR) is 112 cm³/mol. The summed E-state index contributed by atoms with van der Waals surface area (Å²) in [6, 6.07) is 9.28. The Morgan fingerprint density at radius 3 is 2.15 bits per heavy atom. The number of carbonyl (C=O) groups is 2. The van der Waals surface area contributed by atoms with Crippen LogP contribution < -0.4 is 5.32 Å². The molecule has 1 aliphatic rings. The number of amides is 2. The van der Waals surface area contributed by atoms with Crippen molar-refractivity contribution in [2.45, 2.75) is 24.8 Å². The van der Waals surface area contributed by atoms with Gasteiger partial charge in [0.15, 0.2) is 0 Å². The minimum absolute atomic E-state index is 0.0122. The van der Waals surface area contributed by atoms with Crippen LogP contribution in [0.4, 0.5) is 26.3 Å². The van der Waals surface area contributed by atoms with E-state index in [1.54, 1.807) is 35.2 Å². The van der Waals surface area contributed by atoms with Gasteiger partial charge in [0.25, 0.3) is 0 Å². The van der Waals surface area contributed by atoms with E-state index in [9.17, 15) is 35.9 Å². The highest BCUT2D eigenvalue weighted by molar-refractivity contribution is 5.85. The number of benzene rings is 2. The number of halogens is 6. The largest absolute Gasteiger partial charge is 0.416 e. The Bertz CT molecular complexity index is 991. The number of piperazine rings is 1. The molecule has 3 rings (SSSR count). The summed E-state index contributed by atoms with van der Waals surface area (Å²) in [5.74, 6) is -0.657. The lowest BCUT2D eigenvalue weighted by Gasteiger charge is -2.35. The number of likely N-dealkylation sites (N-methyl/N-ethyl adjacent to an activating group) is 1. The monoisotopic (exact) mass is 487 g/mol. The van der Waals surface area contributed by atoms with Gasteiger partial charge in [-0.25, -0.2) is 0 Å². The zero-order valence-electron chi connectivity index (χ0n) is 18.2. The van der Waals surface area contributed by atoms with E-state index in [-0.39, 0.29) is 37.0 Å². The van der Waals surface area contributed by atoms with Gasteiger partial charge in [-0.05, 0) is 35.7 Å². The molecule has 1 atom stereocenters. The van der Waals surface area contributed by atoms with Crippen molar-refractivity contribution in [3.05, 3.63) is 70.8 Å². The van der Waals surface area contributed by atoms with E-state index >= 15 is 0 Å². The maximum atomic E-state index is 13.3. The van der Waals surface area contributed by atoms with E-state index in [4.69, 9.17) is 0 Å². The zero-order valence-corrected chi connectivity index (χ0v) is 18.2. The van der Waals surface area contributed by atoms with Crippen LogP contribution in [-0.4, -0.2) is 54.8 Å². The molecule has 1 aliphatic heterocycles. The molecule has 1 unspecified atom stereocenters. The summed E-state index contributed by atoms with van der Waals surface area (Å²) >= 11 is 0. The molecule has 1 N–H and O–H groups in total. The van der Waals surface area contributed by atoms with Crippen LogP contribution in [0.25, 0.3) is 0 Å². The van der Waals surface area contributed by atoms with E-state index in [2.05, 4.69) is 5.32 Å². The molecule has 0 aromatic heterocycles. The molecule has 2 aromatic rings. The number of alkyl halides is 6. The van der Waals surface area contributed by atoms with Gasteiger partial charge in [-0.15, -0.1) is 0 Å². The predicted octanol–water partition coefficient (Wildman–Crippen LogP) is 3.90. The number of hydrogen-bond acceptors (Lipinski definition) is 3. The maximum absolute atomic E-state index is 13.3. The number of carbonyl (C=O) groups excluding carboxylic acids is 2. The lowest BCUT2D eigenvalue weighted by Crippen LogP contribution is -2.52. The van der Waals surface area contributed by atoms with Crippen molar-refractivity contribution in [2.24, 2.45) is 0 Å². The standard InChI is InChI=1S/C23H23F6N3O2/c1-31(9-7-15-11-17(22(24,25)26)13-18(12-15)23(27,28)29)21(34)20(16-5-3-2-4-6-16)32-10-8-30-19(33)14-32/h2-6,11-13,20H,7-10,14H2,1H3,(H,30,33). The van der Waals surface area contributed by atoms with Gasteiger partial charge in [0.2, 0.25) is 11.8 Å². The number of hydrogen-bond donors (Lipinski definition) is 1. The van der Waals surface area contributed by atoms with Gasteiger partial charge in [-0.3, -0.25) is 14.5 Å². The third-order valence-electron chi connectivity index (χ3n) is 5.54. The summed E-state index contributed by atoms with van der Waals surface area (Å²) in [6.45, 7) is 0.638. The number of rotatable bonds is 6. The fourth-order valence-electron chi connectivity index (χ4n) is 3.80. The summed E-state index contributed by atoms with van der Waals surface area (Å²) in [4.78, 5) is 28.1. The second-order valence-corrected chi connectivity index (χ2v) is 8.06. The first kappa shape index (κ1) is 25.5. The Kier molecular flexibility index (Phi) is 7.54. The van der Waals surface area contributed by atoms with Crippen LogP contribution in [0.5, 0.6) is 0 Å². The van der Waals surface area contributed by atoms with E-state index in [1.807, 2.05) is 0 Å². The third kappa shape index (κ3) is 6.28. The SMILES string of the molecule is CN(CCc1cc(C(F)(F)F)cc(C(F)(F)F)c1)C(=O)C(c1ccccc1)N1CCNC(=O)C1. The molecule has 11 heteroatoms. The lowest BCUT2D eigenvalue weighted by molar-refractivity contribution is -0.143. The molecule has 1 heterocycles. The van der Waals surface area contributed by atoms with Gasteiger partial charge < -0.3 is 10.2 Å². The van der Waals surface area contributed by atoms with Gasteiger partial charge in [-0.2, -0.15) is 26.3 Å². The normalized spacial score (nSPS) is 16.1. The average molecular weight is 487 g/mol. The van der Waals surface area contributed by atoms with Gasteiger partial charge in [-0.1, -0.05) is 30.3 Å². The Morgan fingerprint density at radius 1 is 1.03 bits per heavy atom. The molecule has 5 nitrogen and oxygen atoms in total. The summed E-state index contributed by atoms with van der Waals surface area (Å²) < 4.78 is 78.7. The molecule has 2 amide bonds. The number of nitrogens with zero attached hydrogens (tertiary/aromatic N) is 2. The summed E-state index contributed by atoms with van der Waals surface area (Å²) in [5.41, 5.74) is -2.34. The molecular weight excluding hydrogens is 464 g/mol. The highest BCUT2D eigenvalue weighted by atomic mass is 19.4. The van der Waals surface area contributed by atoms with E-state index in [0.29, 0.717) is 30.8 Å². The first-order valence-corrected chi connectivity index (χ1v) is 10.5. The van der Waals surface area contributed by atoms with Crippen molar-refractivity contribution >= 4 is 11.8 Å². The molecule has 184 valence electrons. The van der Waals surface area contributed by atoms with Gasteiger partial charge >= 0.3 is 12.4 Å². The fraction of sp³-hybridized carbons (Fsp3) is 0.391. The van der Waals surface area contributed by atoms with Gasteiger partial charge in [0, 0.05) is 26.7 Å². The zero-order chi connectivity index (χ0) is 25.1. The molecule has 0 bridgehead atoms. The molecular formula is C23H23F6N3O2. The molecule has 0 saturated carbocycles. The summed E-state index contributed by atoms with van der Waals surface area (Å²) in [6.07, 6.45) is -10.1. The second kappa shape index (κ2) is 10.0. The Hall–Kier alpha value is -3.08. The number of nitrogens with one attached hydrogen (secondary N) is 1. The van der Waals surface area contributed by atoms with Crippen molar-refractivity contribution in [3.63, 3.8) is 0 Å². The maximum Gasteiger partial charge on any atom is 0.416 e. The van der Waals surface area contributed by atoms with Crippen LogP contribution in [0.15, 0.2) is 48.5 Å². The molecule has 0 radical (unpaired) electrons. The highest BCUT2D eigenvalue weighted by Crippen LogP contribution is 2.36. The molecule has 0 spiro atoms. The van der Waals surface area contributed by atoms with Gasteiger partial charge in [0.05, 0.1) is 17.7 Å². The fourth-order valence-corrected chi connectivity index (χ4v) is 3.80. The Labute approximate surface area is 192 Å². The van der Waals surface area contributed by atoms with Crippen molar-refractivity contribution in [1.82, 2.24) is 15.1 Å². The van der Waals surface area contributed by atoms with Crippen LogP contribution in [0.2, 0.25) is 0 Å². The molecule has 1 saturated heterocycles. The minimum Gasteiger partial charge on any atom is -0.354 e. The summed E-state index contributed by atoms with van der Waals surface area (Å²) in [5, 5.41) is 2.68. The van der Waals surface area contributed by atoms with Crippen LogP contribution in [-0.2, 0) is 28.4 Å². The van der Waals surface area contributed by atoms with E-state index < -0.39 is 35.4 Å². The van der Waals surface area contributed by atoms with E-state index in [1.165, 1.54) is 11.9 Å². The Morgan fingerprint density at radius 2 is 1.62 bits per heavy atom. The van der Waals surface area contributed by atoms with Crippen molar-refractivity contribution < 1.29 is 35.9 Å².